The van der Waals surface area contributed by atoms with Crippen LogP contribution < -0.4 is 10.5 Å². The number of amides is 1. The van der Waals surface area contributed by atoms with E-state index in [1.807, 2.05) is 42.5 Å². The first-order valence-corrected chi connectivity index (χ1v) is 15.2. The Balaban J connectivity index is 1.72. The third-order valence-corrected chi connectivity index (χ3v) is 8.50. The first-order valence-electron chi connectivity index (χ1n) is 12.9. The lowest BCUT2D eigenvalue weighted by Gasteiger charge is -2.20. The van der Waals surface area contributed by atoms with E-state index in [9.17, 15) is 23.1 Å². The number of nitrogens with zero attached hydrogens (tertiary/aromatic N) is 3. The summed E-state index contributed by atoms with van der Waals surface area (Å²) >= 11 is 12.0. The Labute approximate surface area is 253 Å². The molecule has 1 heterocycles. The van der Waals surface area contributed by atoms with E-state index in [1.165, 1.54) is 36.2 Å². The second-order valence-electron chi connectivity index (χ2n) is 9.73. The fourth-order valence-corrected chi connectivity index (χ4v) is 5.68. The maximum Gasteiger partial charge on any atom is 0.264 e. The minimum absolute atomic E-state index is 0.0745. The van der Waals surface area contributed by atoms with Gasteiger partial charge < -0.3 is 10.8 Å². The quantitative estimate of drug-likeness (QED) is 0.230. The number of guanidine groups is 1. The molecule has 0 aliphatic carbocycles. The Morgan fingerprint density at radius 1 is 1.05 bits per heavy atom. The molecule has 1 amide bonds. The predicted molar refractivity (Wildman–Crippen MR) is 162 cm³/mol. The number of nitrogens with one attached hydrogen (secondary N) is 1. The smallest absolute Gasteiger partial charge is 0.264 e. The molecule has 3 atom stereocenters. The van der Waals surface area contributed by atoms with Crippen molar-refractivity contribution in [2.75, 3.05) is 13.1 Å². The van der Waals surface area contributed by atoms with Gasteiger partial charge in [-0.25, -0.2) is 23.1 Å². The van der Waals surface area contributed by atoms with Crippen molar-refractivity contribution in [2.24, 2.45) is 21.7 Å². The Kier molecular flexibility index (Phi) is 10.00. The van der Waals surface area contributed by atoms with Crippen molar-refractivity contribution in [1.82, 2.24) is 9.73 Å². The number of halogens is 2. The van der Waals surface area contributed by atoms with Gasteiger partial charge in [0.2, 0.25) is 11.9 Å². The van der Waals surface area contributed by atoms with Crippen molar-refractivity contribution in [2.45, 2.75) is 30.3 Å². The number of rotatable bonds is 10. The first kappa shape index (κ1) is 31.2. The zero-order chi connectivity index (χ0) is 30.4. The van der Waals surface area contributed by atoms with Crippen LogP contribution in [0.25, 0.3) is 0 Å². The summed E-state index contributed by atoms with van der Waals surface area (Å²) in [5.74, 6) is -2.93. The summed E-state index contributed by atoms with van der Waals surface area (Å²) in [6.07, 6.45) is -1.50. The van der Waals surface area contributed by atoms with E-state index >= 15 is 0 Å². The molecule has 4 N–H and O–H groups in total. The fourth-order valence-electron chi connectivity index (χ4n) is 4.40. The van der Waals surface area contributed by atoms with E-state index in [2.05, 4.69) is 9.71 Å². The van der Waals surface area contributed by atoms with Crippen molar-refractivity contribution in [1.29, 1.82) is 0 Å². The molecule has 0 saturated heterocycles. The van der Waals surface area contributed by atoms with Gasteiger partial charge in [-0.2, -0.15) is 5.10 Å². The molecule has 1 aliphatic rings. The first-order chi connectivity index (χ1) is 19.9. The number of aliphatic hydroxyl groups is 1. The van der Waals surface area contributed by atoms with Crippen LogP contribution in [0.15, 0.2) is 93.9 Å². The highest BCUT2D eigenvalue weighted by Crippen LogP contribution is 2.30. The van der Waals surface area contributed by atoms with Crippen LogP contribution in [0.1, 0.15) is 30.4 Å². The zero-order valence-electron chi connectivity index (χ0n) is 22.5. The van der Waals surface area contributed by atoms with Gasteiger partial charge in [0, 0.05) is 22.4 Å². The number of hydrogen-bond acceptors (Lipinski definition) is 7. The van der Waals surface area contributed by atoms with Gasteiger partial charge in [-0.1, -0.05) is 65.7 Å². The maximum absolute atomic E-state index is 13.3. The molecule has 13 heteroatoms. The molecular formula is C29H29Cl2N5O5S. The number of aliphatic imine (C=N–C) groups is 1. The Morgan fingerprint density at radius 3 is 2.21 bits per heavy atom. The summed E-state index contributed by atoms with van der Waals surface area (Å²) in [6, 6.07) is 22.2. The average Bonchev–Trinajstić information content (AvgIpc) is 3.40. The standard InChI is InChI=1S/C29H29Cl2N5O5S/c1-18(37)25(28(32)39)15-23(38)16-33-29(35-42(40,41)24-13-11-22(31)12-14-24)36-17-26(19-5-3-2-4-6-19)27(34-36)20-7-9-21(30)10-8-20/h2-14,18,25-26,37H,15-17H2,1H3,(H2,32,39)(H,33,35). The molecule has 3 unspecified atom stereocenters. The van der Waals surface area contributed by atoms with Gasteiger partial charge in [-0.15, -0.1) is 0 Å². The molecule has 42 heavy (non-hydrogen) atoms. The lowest BCUT2D eigenvalue weighted by molar-refractivity contribution is -0.130. The summed E-state index contributed by atoms with van der Waals surface area (Å²) in [4.78, 5) is 28.7. The molecule has 0 fully saturated rings. The lowest BCUT2D eigenvalue weighted by atomic mass is 9.91. The number of hydrazone groups is 1. The van der Waals surface area contributed by atoms with Crippen molar-refractivity contribution in [3.8, 4) is 0 Å². The number of primary amides is 1. The van der Waals surface area contributed by atoms with E-state index in [0.717, 1.165) is 11.1 Å². The normalized spacial score (nSPS) is 17.0. The molecule has 3 aromatic carbocycles. The molecule has 0 saturated carbocycles. The van der Waals surface area contributed by atoms with E-state index in [0.29, 0.717) is 15.8 Å². The van der Waals surface area contributed by atoms with E-state index in [1.54, 1.807) is 12.1 Å². The number of carbonyl (C=O) groups is 2. The van der Waals surface area contributed by atoms with Crippen molar-refractivity contribution in [3.05, 3.63) is 100 Å². The van der Waals surface area contributed by atoms with Crippen LogP contribution in [0.3, 0.4) is 0 Å². The summed E-state index contributed by atoms with van der Waals surface area (Å²) in [5.41, 5.74) is 7.68. The highest BCUT2D eigenvalue weighted by Gasteiger charge is 2.33. The molecule has 3 aromatic rings. The SMILES string of the molecule is CC(O)C(CC(=O)CN=C(NS(=O)(=O)c1ccc(Cl)cc1)N1CC(c2ccccc2)C(c2ccc(Cl)cc2)=N1)C(N)=O. The van der Waals surface area contributed by atoms with Gasteiger partial charge >= 0.3 is 0 Å². The van der Waals surface area contributed by atoms with Gasteiger partial charge in [0.05, 0.1) is 29.2 Å². The summed E-state index contributed by atoms with van der Waals surface area (Å²) in [7, 11) is -4.17. The average molecular weight is 631 g/mol. The van der Waals surface area contributed by atoms with Crippen molar-refractivity contribution < 1.29 is 23.1 Å². The predicted octanol–water partition coefficient (Wildman–Crippen LogP) is 3.57. The maximum atomic E-state index is 13.3. The number of hydrogen-bond donors (Lipinski definition) is 3. The zero-order valence-corrected chi connectivity index (χ0v) is 24.9. The van der Waals surface area contributed by atoms with Crippen molar-refractivity contribution in [3.63, 3.8) is 0 Å². The monoisotopic (exact) mass is 629 g/mol. The largest absolute Gasteiger partial charge is 0.393 e. The Bertz CT molecular complexity index is 1600. The highest BCUT2D eigenvalue weighted by atomic mass is 35.5. The topological polar surface area (TPSA) is 155 Å². The minimum Gasteiger partial charge on any atom is -0.393 e. The number of aliphatic hydroxyl groups excluding tert-OH is 1. The number of Topliss-reactive ketones (excluding diaryl/α,β-unsaturated/α-hetero) is 1. The molecule has 1 aliphatic heterocycles. The summed E-state index contributed by atoms with van der Waals surface area (Å²) < 4.78 is 29.2. The molecule has 4 rings (SSSR count). The number of benzene rings is 3. The summed E-state index contributed by atoms with van der Waals surface area (Å²) in [5, 5.41) is 16.9. The van der Waals surface area contributed by atoms with Crippen LogP contribution >= 0.6 is 23.2 Å². The van der Waals surface area contributed by atoms with Crippen LogP contribution in [-0.4, -0.2) is 61.1 Å². The molecule has 0 radical (unpaired) electrons. The number of nitrogens with two attached hydrogens (primary N) is 1. The fraction of sp³-hybridized carbons (Fsp3) is 0.241. The molecule has 0 bridgehead atoms. The van der Waals surface area contributed by atoms with Gasteiger partial charge in [0.15, 0.2) is 5.78 Å². The third kappa shape index (κ3) is 7.74. The van der Waals surface area contributed by atoms with E-state index in [-0.39, 0.29) is 29.7 Å². The summed E-state index contributed by atoms with van der Waals surface area (Å²) in [6.45, 7) is 1.07. The third-order valence-electron chi connectivity index (χ3n) is 6.65. The number of ketones is 1. The Hall–Kier alpha value is -3.77. The second-order valence-corrected chi connectivity index (χ2v) is 12.3. The van der Waals surface area contributed by atoms with E-state index < -0.39 is 40.3 Å². The number of sulfonamides is 1. The molecule has 0 aromatic heterocycles. The molecule has 0 spiro atoms. The van der Waals surface area contributed by atoms with Crippen LogP contribution in [0.5, 0.6) is 0 Å². The Morgan fingerprint density at radius 2 is 1.64 bits per heavy atom. The van der Waals surface area contributed by atoms with E-state index in [4.69, 9.17) is 34.0 Å². The van der Waals surface area contributed by atoms with Crippen LogP contribution in [0, 0.1) is 5.92 Å². The van der Waals surface area contributed by atoms with Gasteiger partial charge in [-0.3, -0.25) is 9.59 Å². The van der Waals surface area contributed by atoms with Gasteiger partial charge in [-0.05, 0) is 54.4 Å². The van der Waals surface area contributed by atoms with Gasteiger partial charge in [0.1, 0.15) is 6.54 Å². The molecule has 10 nitrogen and oxygen atoms in total. The lowest BCUT2D eigenvalue weighted by Crippen LogP contribution is -2.42. The molecule has 220 valence electrons. The highest BCUT2D eigenvalue weighted by molar-refractivity contribution is 7.90. The van der Waals surface area contributed by atoms with Crippen LogP contribution in [0.4, 0.5) is 0 Å². The van der Waals surface area contributed by atoms with Gasteiger partial charge in [0.25, 0.3) is 10.0 Å². The van der Waals surface area contributed by atoms with Crippen molar-refractivity contribution >= 4 is 56.6 Å². The number of carbonyl (C=O) groups excluding carboxylic acids is 2. The second kappa shape index (κ2) is 13.5. The minimum atomic E-state index is -4.17. The van der Waals surface area contributed by atoms with Crippen LogP contribution in [-0.2, 0) is 19.6 Å². The molecular weight excluding hydrogens is 601 g/mol. The van der Waals surface area contributed by atoms with Crippen LogP contribution in [0.2, 0.25) is 10.0 Å².